The summed E-state index contributed by atoms with van der Waals surface area (Å²) in [7, 11) is -4.68. The fourth-order valence-corrected chi connectivity index (χ4v) is 2.48. The van der Waals surface area contributed by atoms with Crippen molar-refractivity contribution in [2.45, 2.75) is 23.1 Å². The summed E-state index contributed by atoms with van der Waals surface area (Å²) < 4.78 is 47.0. The van der Waals surface area contributed by atoms with Crippen LogP contribution in [0.1, 0.15) is 6.42 Å². The van der Waals surface area contributed by atoms with Crippen LogP contribution >= 0.6 is 0 Å². The second kappa shape index (κ2) is 5.35. The van der Waals surface area contributed by atoms with Crippen molar-refractivity contribution in [2.24, 2.45) is 5.92 Å². The average molecular weight is 320 g/mol. The van der Waals surface area contributed by atoms with E-state index >= 15 is 0 Å². The van der Waals surface area contributed by atoms with Crippen LogP contribution in [0.4, 0.5) is 14.5 Å². The molecule has 0 bridgehead atoms. The van der Waals surface area contributed by atoms with Crippen LogP contribution in [-0.2, 0) is 14.6 Å². The highest BCUT2D eigenvalue weighted by atomic mass is 32.2. The summed E-state index contributed by atoms with van der Waals surface area (Å²) in [5, 5.41) is 12.8. The summed E-state index contributed by atoms with van der Waals surface area (Å²) in [5.74, 6) is -4.80. The van der Waals surface area contributed by atoms with Crippen molar-refractivity contribution < 1.29 is 26.9 Å². The maximum Gasteiger partial charge on any atom is 0.341 e. The first-order chi connectivity index (χ1) is 9.73. The molecule has 7 nitrogen and oxygen atoms in total. The van der Waals surface area contributed by atoms with E-state index in [4.69, 9.17) is 0 Å². The molecule has 10 heteroatoms. The SMILES string of the molecule is O=C(Nc1ccc(S(=O)(=O)C(F)F)cc1)[C@@H]1C[C@@H]1[N+](=O)[O-]. The maximum absolute atomic E-state index is 12.3. The first-order valence-electron chi connectivity index (χ1n) is 5.80. The number of nitrogens with one attached hydrogen (secondary N) is 1. The number of nitro groups is 1. The number of hydrogen-bond acceptors (Lipinski definition) is 5. The lowest BCUT2D eigenvalue weighted by atomic mass is 10.3. The lowest BCUT2D eigenvalue weighted by molar-refractivity contribution is -0.497. The topological polar surface area (TPSA) is 106 Å². The number of sulfone groups is 1. The van der Waals surface area contributed by atoms with E-state index < -0.39 is 43.3 Å². The van der Waals surface area contributed by atoms with Gasteiger partial charge < -0.3 is 5.32 Å². The minimum Gasteiger partial charge on any atom is -0.326 e. The molecule has 1 saturated carbocycles. The van der Waals surface area contributed by atoms with Crippen molar-refractivity contribution in [2.75, 3.05) is 5.32 Å². The van der Waals surface area contributed by atoms with Crippen molar-refractivity contribution in [3.8, 4) is 0 Å². The molecule has 2 rings (SSSR count). The monoisotopic (exact) mass is 320 g/mol. The van der Waals surface area contributed by atoms with E-state index in [-0.39, 0.29) is 12.1 Å². The van der Waals surface area contributed by atoms with Crippen LogP contribution in [0.15, 0.2) is 29.2 Å². The molecule has 114 valence electrons. The zero-order chi connectivity index (χ0) is 15.8. The molecule has 0 aliphatic heterocycles. The number of carbonyl (C=O) groups excluding carboxylic acids is 1. The maximum atomic E-state index is 12.3. The number of halogens is 2. The fraction of sp³-hybridized carbons (Fsp3) is 0.364. The van der Waals surface area contributed by atoms with Crippen molar-refractivity contribution in [1.29, 1.82) is 0 Å². The standard InChI is InChI=1S/C11H10F2N2O5S/c12-11(13)21(19,20)7-3-1-6(2-4-7)14-10(16)8-5-9(8)15(17)18/h1-4,8-9,11H,5H2,(H,14,16)/t8-,9+/m1/s1. The Hall–Kier alpha value is -2.10. The minimum atomic E-state index is -4.68. The van der Waals surface area contributed by atoms with Crippen LogP contribution in [-0.4, -0.2) is 31.0 Å². The Bertz CT molecular complexity index is 674. The Balaban J connectivity index is 2.04. The number of hydrogen-bond donors (Lipinski definition) is 1. The van der Waals surface area contributed by atoms with Gasteiger partial charge in [0.25, 0.3) is 0 Å². The van der Waals surface area contributed by atoms with Crippen molar-refractivity contribution in [3.63, 3.8) is 0 Å². The summed E-state index contributed by atoms with van der Waals surface area (Å²) >= 11 is 0. The number of amides is 1. The molecule has 1 aliphatic rings. The van der Waals surface area contributed by atoms with E-state index in [9.17, 15) is 32.1 Å². The zero-order valence-corrected chi connectivity index (χ0v) is 11.2. The number of nitrogens with zero attached hydrogens (tertiary/aromatic N) is 1. The third-order valence-electron chi connectivity index (χ3n) is 3.05. The fourth-order valence-electron chi connectivity index (χ4n) is 1.76. The first kappa shape index (κ1) is 15.3. The Kier molecular flexibility index (Phi) is 3.90. The number of anilines is 1. The molecule has 21 heavy (non-hydrogen) atoms. The molecule has 1 amide bonds. The summed E-state index contributed by atoms with van der Waals surface area (Å²) in [6, 6.07) is 3.28. The Morgan fingerprint density at radius 2 is 1.90 bits per heavy atom. The van der Waals surface area contributed by atoms with Gasteiger partial charge in [0.05, 0.1) is 4.90 Å². The Morgan fingerprint density at radius 3 is 2.33 bits per heavy atom. The van der Waals surface area contributed by atoms with Crippen LogP contribution in [0, 0.1) is 16.0 Å². The van der Waals surface area contributed by atoms with E-state index in [0.29, 0.717) is 0 Å². The highest BCUT2D eigenvalue weighted by molar-refractivity contribution is 7.91. The van der Waals surface area contributed by atoms with E-state index in [1.54, 1.807) is 0 Å². The summed E-state index contributed by atoms with van der Waals surface area (Å²) in [5.41, 5.74) is 0.183. The average Bonchev–Trinajstić information content (AvgIpc) is 3.19. The normalized spacial score (nSPS) is 21.1. The lowest BCUT2D eigenvalue weighted by Crippen LogP contribution is -2.18. The second-order valence-corrected chi connectivity index (χ2v) is 6.43. The van der Waals surface area contributed by atoms with E-state index in [1.165, 1.54) is 0 Å². The van der Waals surface area contributed by atoms with Crippen molar-refractivity contribution >= 4 is 21.4 Å². The van der Waals surface area contributed by atoms with Crippen LogP contribution in [0.3, 0.4) is 0 Å². The van der Waals surface area contributed by atoms with Crippen molar-refractivity contribution in [1.82, 2.24) is 0 Å². The van der Waals surface area contributed by atoms with Crippen LogP contribution < -0.4 is 5.32 Å². The molecule has 1 aliphatic carbocycles. The third-order valence-corrected chi connectivity index (χ3v) is 4.45. The minimum absolute atomic E-state index is 0.149. The molecule has 1 aromatic carbocycles. The van der Waals surface area contributed by atoms with Gasteiger partial charge in [0, 0.05) is 17.0 Å². The second-order valence-electron chi connectivity index (χ2n) is 4.51. The molecule has 0 radical (unpaired) electrons. The van der Waals surface area contributed by atoms with Gasteiger partial charge in [-0.2, -0.15) is 8.78 Å². The van der Waals surface area contributed by atoms with Crippen LogP contribution in [0.25, 0.3) is 0 Å². The summed E-state index contributed by atoms with van der Waals surface area (Å²) in [4.78, 5) is 21.0. The molecular formula is C11H10F2N2O5S. The molecule has 1 fully saturated rings. The van der Waals surface area contributed by atoms with Crippen LogP contribution in [0.5, 0.6) is 0 Å². The number of benzene rings is 1. The highest BCUT2D eigenvalue weighted by Gasteiger charge is 2.53. The van der Waals surface area contributed by atoms with Gasteiger partial charge in [-0.05, 0) is 24.3 Å². The van der Waals surface area contributed by atoms with E-state index in [0.717, 1.165) is 24.3 Å². The predicted molar refractivity (Wildman–Crippen MR) is 67.2 cm³/mol. The zero-order valence-electron chi connectivity index (χ0n) is 10.4. The van der Waals surface area contributed by atoms with Crippen LogP contribution in [0.2, 0.25) is 0 Å². The molecule has 0 heterocycles. The molecule has 0 unspecified atom stereocenters. The third kappa shape index (κ3) is 3.15. The molecule has 1 aromatic rings. The lowest BCUT2D eigenvalue weighted by Gasteiger charge is -2.06. The molecule has 0 spiro atoms. The quantitative estimate of drug-likeness (QED) is 0.650. The molecule has 1 N–H and O–H groups in total. The van der Waals surface area contributed by atoms with Gasteiger partial charge in [-0.15, -0.1) is 0 Å². The summed E-state index contributed by atoms with van der Waals surface area (Å²) in [6.45, 7) is 0. The predicted octanol–water partition coefficient (Wildman–Crippen LogP) is 1.29. The summed E-state index contributed by atoms with van der Waals surface area (Å²) in [6.07, 6.45) is 0.149. The molecule has 0 aromatic heterocycles. The Morgan fingerprint density at radius 1 is 1.33 bits per heavy atom. The van der Waals surface area contributed by atoms with Gasteiger partial charge in [0.1, 0.15) is 5.92 Å². The first-order valence-corrected chi connectivity index (χ1v) is 7.34. The van der Waals surface area contributed by atoms with Gasteiger partial charge >= 0.3 is 5.76 Å². The van der Waals surface area contributed by atoms with Gasteiger partial charge in [-0.3, -0.25) is 14.9 Å². The Labute approximate surface area is 118 Å². The van der Waals surface area contributed by atoms with E-state index in [2.05, 4.69) is 5.32 Å². The number of carbonyl (C=O) groups is 1. The molecule has 2 atom stereocenters. The number of rotatable bonds is 5. The van der Waals surface area contributed by atoms with Gasteiger partial charge in [-0.25, -0.2) is 8.42 Å². The smallest absolute Gasteiger partial charge is 0.326 e. The largest absolute Gasteiger partial charge is 0.341 e. The van der Waals surface area contributed by atoms with Gasteiger partial charge in [0.15, 0.2) is 0 Å². The highest BCUT2D eigenvalue weighted by Crippen LogP contribution is 2.34. The molecule has 0 saturated heterocycles. The number of alkyl halides is 2. The van der Waals surface area contributed by atoms with Crippen molar-refractivity contribution in [3.05, 3.63) is 34.4 Å². The van der Waals surface area contributed by atoms with Gasteiger partial charge in [0.2, 0.25) is 21.8 Å². The van der Waals surface area contributed by atoms with Gasteiger partial charge in [-0.1, -0.05) is 0 Å². The molecular weight excluding hydrogens is 310 g/mol. The van der Waals surface area contributed by atoms with E-state index in [1.807, 2.05) is 0 Å².